The molecular formula is C11H14O2. The highest BCUT2D eigenvalue weighted by Crippen LogP contribution is 2.24. The van der Waals surface area contributed by atoms with Crippen molar-refractivity contribution >= 4 is 6.29 Å². The van der Waals surface area contributed by atoms with E-state index in [0.29, 0.717) is 6.42 Å². The van der Waals surface area contributed by atoms with Crippen molar-refractivity contribution in [1.82, 2.24) is 0 Å². The van der Waals surface area contributed by atoms with E-state index in [1.807, 2.05) is 19.9 Å². The van der Waals surface area contributed by atoms with Crippen LogP contribution in [-0.4, -0.2) is 11.4 Å². The Kier molecular flexibility index (Phi) is 3.07. The first kappa shape index (κ1) is 9.78. The molecule has 0 radical (unpaired) electrons. The maximum absolute atomic E-state index is 10.3. The van der Waals surface area contributed by atoms with Crippen LogP contribution >= 0.6 is 0 Å². The smallest absolute Gasteiger partial charge is 0.120 e. The highest BCUT2D eigenvalue weighted by atomic mass is 16.3. The van der Waals surface area contributed by atoms with Crippen molar-refractivity contribution in [3.05, 3.63) is 29.3 Å². The molecule has 0 saturated heterocycles. The van der Waals surface area contributed by atoms with Gasteiger partial charge in [0.1, 0.15) is 12.0 Å². The van der Waals surface area contributed by atoms with E-state index in [1.54, 1.807) is 12.1 Å². The molecule has 0 amide bonds. The van der Waals surface area contributed by atoms with E-state index in [2.05, 4.69) is 0 Å². The van der Waals surface area contributed by atoms with Gasteiger partial charge in [0.15, 0.2) is 0 Å². The Morgan fingerprint density at radius 1 is 1.54 bits per heavy atom. The molecule has 0 heterocycles. The van der Waals surface area contributed by atoms with Crippen molar-refractivity contribution in [2.45, 2.75) is 26.2 Å². The fourth-order valence-electron chi connectivity index (χ4n) is 1.48. The van der Waals surface area contributed by atoms with Gasteiger partial charge in [-0.2, -0.15) is 0 Å². The molecule has 13 heavy (non-hydrogen) atoms. The van der Waals surface area contributed by atoms with E-state index in [-0.39, 0.29) is 11.7 Å². The fraction of sp³-hybridized carbons (Fsp3) is 0.364. The van der Waals surface area contributed by atoms with Crippen LogP contribution in [0.4, 0.5) is 0 Å². The molecule has 1 rings (SSSR count). The topological polar surface area (TPSA) is 37.3 Å². The summed E-state index contributed by atoms with van der Waals surface area (Å²) < 4.78 is 0. The van der Waals surface area contributed by atoms with Gasteiger partial charge in [-0.05, 0) is 36.1 Å². The molecule has 1 aromatic rings. The summed E-state index contributed by atoms with van der Waals surface area (Å²) in [5.41, 5.74) is 2.17. The van der Waals surface area contributed by atoms with Gasteiger partial charge in [-0.3, -0.25) is 0 Å². The molecule has 0 fully saturated rings. The summed E-state index contributed by atoms with van der Waals surface area (Å²) in [7, 11) is 0. The van der Waals surface area contributed by atoms with Gasteiger partial charge in [0.05, 0.1) is 0 Å². The molecule has 0 aliphatic carbocycles. The molecule has 1 aromatic carbocycles. The number of hydrogen-bond donors (Lipinski definition) is 1. The summed E-state index contributed by atoms with van der Waals surface area (Å²) in [6.45, 7) is 3.95. The van der Waals surface area contributed by atoms with Gasteiger partial charge in [0.25, 0.3) is 0 Å². The lowest BCUT2D eigenvalue weighted by atomic mass is 9.94. The van der Waals surface area contributed by atoms with Gasteiger partial charge < -0.3 is 9.90 Å². The predicted molar refractivity (Wildman–Crippen MR) is 51.9 cm³/mol. The molecule has 2 nitrogen and oxygen atoms in total. The third-order valence-corrected chi connectivity index (χ3v) is 2.23. The summed E-state index contributed by atoms with van der Waals surface area (Å²) in [6.07, 6.45) is 1.46. The van der Waals surface area contributed by atoms with Crippen LogP contribution in [0.5, 0.6) is 5.75 Å². The van der Waals surface area contributed by atoms with Gasteiger partial charge in [-0.25, -0.2) is 0 Å². The molecule has 0 spiro atoms. The normalized spacial score (nSPS) is 12.5. The summed E-state index contributed by atoms with van der Waals surface area (Å²) in [5, 5.41) is 9.18. The van der Waals surface area contributed by atoms with Gasteiger partial charge in [0.2, 0.25) is 0 Å². The summed E-state index contributed by atoms with van der Waals surface area (Å²) >= 11 is 0. The minimum atomic E-state index is 0.234. The lowest BCUT2D eigenvalue weighted by Gasteiger charge is -2.11. The monoisotopic (exact) mass is 178 g/mol. The van der Waals surface area contributed by atoms with Crippen LogP contribution in [0, 0.1) is 6.92 Å². The van der Waals surface area contributed by atoms with Crippen molar-refractivity contribution in [1.29, 1.82) is 0 Å². The number of phenols is 1. The number of hydrogen-bond acceptors (Lipinski definition) is 2. The van der Waals surface area contributed by atoms with E-state index in [1.165, 1.54) is 0 Å². The Balaban J connectivity index is 2.94. The summed E-state index contributed by atoms with van der Waals surface area (Å²) in [5.74, 6) is 0.512. The zero-order valence-electron chi connectivity index (χ0n) is 7.95. The molecule has 1 N–H and O–H groups in total. The predicted octanol–water partition coefficient (Wildman–Crippen LogP) is 2.39. The van der Waals surface area contributed by atoms with Gasteiger partial charge in [-0.15, -0.1) is 0 Å². The first-order valence-electron chi connectivity index (χ1n) is 4.38. The van der Waals surface area contributed by atoms with Crippen LogP contribution in [0.1, 0.15) is 30.4 Å². The van der Waals surface area contributed by atoms with Gasteiger partial charge >= 0.3 is 0 Å². The van der Waals surface area contributed by atoms with Crippen molar-refractivity contribution < 1.29 is 9.90 Å². The average Bonchev–Trinajstić information content (AvgIpc) is 2.04. The maximum Gasteiger partial charge on any atom is 0.120 e. The van der Waals surface area contributed by atoms with E-state index in [9.17, 15) is 9.90 Å². The molecule has 70 valence electrons. The van der Waals surface area contributed by atoms with Crippen LogP contribution in [0.25, 0.3) is 0 Å². The van der Waals surface area contributed by atoms with Crippen LogP contribution in [-0.2, 0) is 4.79 Å². The number of carbonyl (C=O) groups excluding carboxylic acids is 1. The van der Waals surface area contributed by atoms with E-state index < -0.39 is 0 Å². The lowest BCUT2D eigenvalue weighted by molar-refractivity contribution is -0.108. The second-order valence-corrected chi connectivity index (χ2v) is 3.34. The van der Waals surface area contributed by atoms with E-state index in [0.717, 1.165) is 17.4 Å². The fourth-order valence-corrected chi connectivity index (χ4v) is 1.48. The molecule has 0 aromatic heterocycles. The van der Waals surface area contributed by atoms with Crippen molar-refractivity contribution in [3.8, 4) is 5.75 Å². The summed E-state index contributed by atoms with van der Waals surface area (Å²) in [6, 6.07) is 5.25. The molecule has 1 unspecified atom stereocenters. The van der Waals surface area contributed by atoms with Crippen LogP contribution in [0.15, 0.2) is 18.2 Å². The Morgan fingerprint density at radius 3 is 2.77 bits per heavy atom. The second-order valence-electron chi connectivity index (χ2n) is 3.34. The third-order valence-electron chi connectivity index (χ3n) is 2.23. The summed E-state index contributed by atoms with van der Waals surface area (Å²) in [4.78, 5) is 10.3. The minimum absolute atomic E-state index is 0.234. The number of phenolic OH excluding ortho intramolecular Hbond substituents is 1. The quantitative estimate of drug-likeness (QED) is 0.721. The SMILES string of the molecule is Cc1cc(O)ccc1C(C)CC=O. The number of aldehydes is 1. The number of rotatable bonds is 3. The Labute approximate surface area is 78.2 Å². The van der Waals surface area contributed by atoms with Crippen LogP contribution < -0.4 is 0 Å². The zero-order valence-corrected chi connectivity index (χ0v) is 7.95. The minimum Gasteiger partial charge on any atom is -0.508 e. The van der Waals surface area contributed by atoms with E-state index in [4.69, 9.17) is 0 Å². The Hall–Kier alpha value is -1.31. The molecular weight excluding hydrogens is 164 g/mol. The third kappa shape index (κ3) is 2.31. The first-order valence-corrected chi connectivity index (χ1v) is 4.38. The first-order chi connectivity index (χ1) is 6.15. The number of aryl methyl sites for hydroxylation is 1. The zero-order chi connectivity index (χ0) is 9.84. The van der Waals surface area contributed by atoms with Crippen molar-refractivity contribution in [3.63, 3.8) is 0 Å². The van der Waals surface area contributed by atoms with Crippen LogP contribution in [0.3, 0.4) is 0 Å². The number of carbonyl (C=O) groups is 1. The lowest BCUT2D eigenvalue weighted by Crippen LogP contribution is -1.96. The Morgan fingerprint density at radius 2 is 2.23 bits per heavy atom. The second kappa shape index (κ2) is 4.08. The molecule has 0 saturated carbocycles. The highest BCUT2D eigenvalue weighted by molar-refractivity contribution is 5.52. The highest BCUT2D eigenvalue weighted by Gasteiger charge is 2.07. The van der Waals surface area contributed by atoms with Gasteiger partial charge in [0, 0.05) is 6.42 Å². The standard InChI is InChI=1S/C11H14O2/c1-8(5-6-12)11-4-3-10(13)7-9(11)2/h3-4,6-8,13H,5H2,1-2H3. The number of aromatic hydroxyl groups is 1. The number of benzene rings is 1. The van der Waals surface area contributed by atoms with Crippen molar-refractivity contribution in [2.75, 3.05) is 0 Å². The van der Waals surface area contributed by atoms with Crippen molar-refractivity contribution in [2.24, 2.45) is 0 Å². The van der Waals surface area contributed by atoms with E-state index >= 15 is 0 Å². The molecule has 2 heteroatoms. The average molecular weight is 178 g/mol. The van der Waals surface area contributed by atoms with Gasteiger partial charge in [-0.1, -0.05) is 13.0 Å². The van der Waals surface area contributed by atoms with Crippen LogP contribution in [0.2, 0.25) is 0 Å². The molecule has 0 aliphatic rings. The molecule has 1 atom stereocenters. The molecule has 0 aliphatic heterocycles. The Bertz CT molecular complexity index is 305. The maximum atomic E-state index is 10.3. The largest absolute Gasteiger partial charge is 0.508 e. The molecule has 0 bridgehead atoms.